The van der Waals surface area contributed by atoms with Crippen LogP contribution >= 0.6 is 15.9 Å². The van der Waals surface area contributed by atoms with Gasteiger partial charge in [0.15, 0.2) is 29.2 Å². The molecule has 4 N–H and O–H groups in total. The van der Waals surface area contributed by atoms with Gasteiger partial charge in [0.25, 0.3) is 5.69 Å². The number of non-ortho nitro benzene ring substituents is 1. The number of carbonyl (C=O) groups excluding carboxylic acids is 2. The minimum atomic E-state index is -1.24. The quantitative estimate of drug-likeness (QED) is 0.0568. The molecule has 4 rings (SSSR count). The van der Waals surface area contributed by atoms with Crippen molar-refractivity contribution in [2.24, 2.45) is 5.10 Å². The summed E-state index contributed by atoms with van der Waals surface area (Å²) in [4.78, 5) is 35.1. The van der Waals surface area contributed by atoms with Gasteiger partial charge in [0.05, 0.1) is 43.6 Å². The van der Waals surface area contributed by atoms with Crippen LogP contribution in [0.15, 0.2) is 75.4 Å². The number of hydrazone groups is 1. The minimum absolute atomic E-state index is 0.0264. The predicted octanol–water partition coefficient (Wildman–Crippen LogP) is 4.47. The molecule has 0 bridgehead atoms. The van der Waals surface area contributed by atoms with Crippen LogP contribution in [-0.2, 0) is 16.1 Å². The number of amides is 2. The summed E-state index contributed by atoms with van der Waals surface area (Å²) in [6, 6.07) is 13.1. The Morgan fingerprint density at radius 2 is 1.85 bits per heavy atom. The molecule has 1 heterocycles. The molecule has 0 fully saturated rings. The molecule has 0 spiro atoms. The Kier molecular flexibility index (Phi) is 12.2. The van der Waals surface area contributed by atoms with Gasteiger partial charge >= 0.3 is 12.0 Å². The first-order chi connectivity index (χ1) is 23.0. The summed E-state index contributed by atoms with van der Waals surface area (Å²) in [6.45, 7) is 3.58. The maximum atomic E-state index is 12.5. The van der Waals surface area contributed by atoms with Gasteiger partial charge in [-0.2, -0.15) is 5.10 Å². The monoisotopic (exact) mass is 727 g/mol. The van der Waals surface area contributed by atoms with Crippen LogP contribution in [0, 0.1) is 10.1 Å². The zero-order valence-electron chi connectivity index (χ0n) is 26.4. The Morgan fingerprint density at radius 1 is 1.10 bits per heavy atom. The lowest BCUT2D eigenvalue weighted by atomic mass is 9.95. The molecule has 2 amide bonds. The smallest absolute Gasteiger partial charge is 0.337 e. The average Bonchev–Trinajstić information content (AvgIpc) is 3.06. The van der Waals surface area contributed by atoms with Gasteiger partial charge in [-0.05, 0) is 61.4 Å². The zero-order valence-corrected chi connectivity index (χ0v) is 28.0. The maximum absolute atomic E-state index is 12.5. The Hall–Kier alpha value is -5.35. The molecule has 0 aliphatic carbocycles. The molecule has 0 radical (unpaired) electrons. The molecule has 0 saturated heterocycles. The maximum Gasteiger partial charge on any atom is 0.337 e. The SMILES string of the molecule is CCOc1cc([C@@H]2NC(=O)NC(C)=C2C(=O)OC)ccc1OC[C@@H](O)N/N=C/c1cc(Br)cc(OC)c1OCc1ccc([N+](=O)[O-])cc1. The number of aliphatic hydroxyl groups is 1. The average molecular weight is 729 g/mol. The van der Waals surface area contributed by atoms with Gasteiger partial charge in [-0.25, -0.2) is 9.59 Å². The molecule has 0 saturated carbocycles. The summed E-state index contributed by atoms with van der Waals surface area (Å²) < 4.78 is 28.6. The molecule has 3 aromatic rings. The second-order valence-electron chi connectivity index (χ2n) is 10.2. The number of ether oxygens (including phenoxy) is 5. The van der Waals surface area contributed by atoms with Crippen LogP contribution in [0.5, 0.6) is 23.0 Å². The zero-order chi connectivity index (χ0) is 34.8. The van der Waals surface area contributed by atoms with Gasteiger partial charge in [-0.3, -0.25) is 15.5 Å². The van der Waals surface area contributed by atoms with Crippen LogP contribution in [0.1, 0.15) is 36.6 Å². The van der Waals surface area contributed by atoms with Gasteiger partial charge in [0, 0.05) is 27.9 Å². The van der Waals surface area contributed by atoms with Gasteiger partial charge in [0.1, 0.15) is 13.2 Å². The van der Waals surface area contributed by atoms with E-state index in [1.54, 1.807) is 56.3 Å². The fourth-order valence-corrected chi connectivity index (χ4v) is 5.13. The van der Waals surface area contributed by atoms with E-state index in [0.29, 0.717) is 56.5 Å². The van der Waals surface area contributed by atoms with Crippen LogP contribution in [0.4, 0.5) is 10.5 Å². The van der Waals surface area contributed by atoms with Crippen molar-refractivity contribution in [3.8, 4) is 23.0 Å². The Balaban J connectivity index is 1.44. The van der Waals surface area contributed by atoms with Crippen LogP contribution in [0.3, 0.4) is 0 Å². The van der Waals surface area contributed by atoms with Crippen LogP contribution in [-0.4, -0.2) is 61.9 Å². The van der Waals surface area contributed by atoms with E-state index in [-0.39, 0.29) is 24.5 Å². The van der Waals surface area contributed by atoms with Crippen molar-refractivity contribution in [1.29, 1.82) is 0 Å². The third kappa shape index (κ3) is 8.92. The number of methoxy groups -OCH3 is 2. The number of carbonyl (C=O) groups is 2. The summed E-state index contributed by atoms with van der Waals surface area (Å²) in [5.74, 6) is 0.822. The van der Waals surface area contributed by atoms with Crippen LogP contribution in [0.2, 0.25) is 0 Å². The van der Waals surface area contributed by atoms with Crippen LogP contribution in [0.25, 0.3) is 0 Å². The lowest BCUT2D eigenvalue weighted by Gasteiger charge is -2.28. The summed E-state index contributed by atoms with van der Waals surface area (Å²) in [6.07, 6.45) is 0.193. The number of urea groups is 1. The van der Waals surface area contributed by atoms with Gasteiger partial charge in [-0.1, -0.05) is 22.0 Å². The highest BCUT2D eigenvalue weighted by Gasteiger charge is 2.32. The summed E-state index contributed by atoms with van der Waals surface area (Å²) in [7, 11) is 2.75. The number of benzene rings is 3. The second-order valence-corrected chi connectivity index (χ2v) is 11.1. The second kappa shape index (κ2) is 16.5. The van der Waals surface area contributed by atoms with E-state index in [1.807, 2.05) is 0 Å². The number of hydrogen-bond donors (Lipinski definition) is 4. The highest BCUT2D eigenvalue weighted by molar-refractivity contribution is 9.10. The summed E-state index contributed by atoms with van der Waals surface area (Å²) in [5.41, 5.74) is 4.95. The van der Waals surface area contributed by atoms with Crippen molar-refractivity contribution in [3.05, 3.63) is 97.1 Å². The molecule has 2 atom stereocenters. The number of rotatable bonds is 15. The molecule has 0 aromatic heterocycles. The number of hydrogen-bond acceptors (Lipinski definition) is 12. The fourth-order valence-electron chi connectivity index (χ4n) is 4.68. The molecule has 254 valence electrons. The standard InChI is InChI=1S/C32H34BrN5O10/c1-5-46-25-13-20(29-28(31(40)45-4)18(2)35-32(41)36-29)8-11-24(25)47-17-27(39)37-34-15-21-12-22(33)14-26(44-3)30(21)48-16-19-6-9-23(10-7-19)38(42)43/h6-15,27,29,37,39H,5,16-17H2,1-4H3,(H2,35,36,41)/b34-15+/t27-,29+/m1/s1. The number of allylic oxidation sites excluding steroid dienone is 1. The Labute approximate surface area is 284 Å². The van der Waals surface area contributed by atoms with E-state index in [0.717, 1.165) is 0 Å². The highest BCUT2D eigenvalue weighted by atomic mass is 79.9. The number of aliphatic hydroxyl groups excluding tert-OH is 1. The Bertz CT molecular complexity index is 1710. The van der Waals surface area contributed by atoms with Gasteiger partial charge in [-0.15, -0.1) is 0 Å². The predicted molar refractivity (Wildman–Crippen MR) is 177 cm³/mol. The number of nitro groups is 1. The van der Waals surface area contributed by atoms with Crippen molar-refractivity contribution >= 4 is 39.8 Å². The molecule has 3 aromatic carbocycles. The number of nitrogens with one attached hydrogen (secondary N) is 3. The van der Waals surface area contributed by atoms with Crippen LogP contribution < -0.4 is 35.0 Å². The Morgan fingerprint density at radius 3 is 2.52 bits per heavy atom. The first kappa shape index (κ1) is 35.5. The molecule has 16 heteroatoms. The third-order valence-electron chi connectivity index (χ3n) is 6.90. The van der Waals surface area contributed by atoms with E-state index in [4.69, 9.17) is 23.7 Å². The lowest BCUT2D eigenvalue weighted by molar-refractivity contribution is -0.384. The van der Waals surface area contributed by atoms with E-state index in [2.05, 4.69) is 37.1 Å². The first-order valence-electron chi connectivity index (χ1n) is 14.5. The van der Waals surface area contributed by atoms with Crippen molar-refractivity contribution in [2.75, 3.05) is 27.4 Å². The molecule has 15 nitrogen and oxygen atoms in total. The van der Waals surface area contributed by atoms with E-state index < -0.39 is 29.2 Å². The molecule has 1 aliphatic heterocycles. The molecule has 1 aliphatic rings. The van der Waals surface area contributed by atoms with E-state index in [1.165, 1.54) is 32.6 Å². The fraction of sp³-hybridized carbons (Fsp3) is 0.281. The number of esters is 1. The first-order valence-corrected chi connectivity index (χ1v) is 15.3. The normalized spacial score (nSPS) is 14.9. The molecular weight excluding hydrogens is 694 g/mol. The summed E-state index contributed by atoms with van der Waals surface area (Å²) >= 11 is 3.43. The van der Waals surface area contributed by atoms with Crippen molar-refractivity contribution in [1.82, 2.24) is 16.1 Å². The van der Waals surface area contributed by atoms with Gasteiger partial charge < -0.3 is 39.4 Å². The number of halogens is 1. The number of nitro benzene ring substituents is 1. The third-order valence-corrected chi connectivity index (χ3v) is 7.36. The summed E-state index contributed by atoms with van der Waals surface area (Å²) in [5, 5.41) is 31.0. The van der Waals surface area contributed by atoms with E-state index in [9.17, 15) is 24.8 Å². The number of nitrogens with zero attached hydrogens (tertiary/aromatic N) is 2. The van der Waals surface area contributed by atoms with Crippen molar-refractivity contribution in [3.63, 3.8) is 0 Å². The van der Waals surface area contributed by atoms with Crippen molar-refractivity contribution in [2.45, 2.75) is 32.7 Å². The van der Waals surface area contributed by atoms with Crippen molar-refractivity contribution < 1.29 is 43.3 Å². The largest absolute Gasteiger partial charge is 0.493 e. The van der Waals surface area contributed by atoms with E-state index >= 15 is 0 Å². The molecule has 0 unspecified atom stereocenters. The molecular formula is C32H34BrN5O10. The highest BCUT2D eigenvalue weighted by Crippen LogP contribution is 2.36. The molecule has 48 heavy (non-hydrogen) atoms. The lowest BCUT2D eigenvalue weighted by Crippen LogP contribution is -2.45. The van der Waals surface area contributed by atoms with Gasteiger partial charge in [0.2, 0.25) is 0 Å². The minimum Gasteiger partial charge on any atom is -0.493 e. The topological polar surface area (TPSA) is 192 Å².